The lowest BCUT2D eigenvalue weighted by Gasteiger charge is -1.91. The van der Waals surface area contributed by atoms with E-state index in [0.717, 1.165) is 5.65 Å². The number of hydrogen-bond donors (Lipinski definition) is 0. The van der Waals surface area contributed by atoms with Crippen molar-refractivity contribution in [2.45, 2.75) is 33.6 Å². The van der Waals surface area contributed by atoms with E-state index in [4.69, 9.17) is 0 Å². The summed E-state index contributed by atoms with van der Waals surface area (Å²) in [7, 11) is 1.79. The topological polar surface area (TPSA) is 52.2 Å². The first kappa shape index (κ1) is 12.4. The summed E-state index contributed by atoms with van der Waals surface area (Å²) in [4.78, 5) is 14.8. The summed E-state index contributed by atoms with van der Waals surface area (Å²) in [5.41, 5.74) is 0.477. The Morgan fingerprint density at radius 1 is 1.31 bits per heavy atom. The molecule has 5 heteroatoms. The van der Waals surface area contributed by atoms with Gasteiger partial charge in [0.05, 0.1) is 0 Å². The van der Waals surface area contributed by atoms with Gasteiger partial charge >= 0.3 is 5.69 Å². The largest absolute Gasteiger partial charge is 0.354 e. The number of unbranched alkanes of at least 4 members (excludes halogenated alkanes) is 1. The molecule has 2 aromatic rings. The molecule has 0 amide bonds. The Balaban J connectivity index is 0.000000280. The van der Waals surface area contributed by atoms with Gasteiger partial charge < -0.3 is 0 Å². The highest BCUT2D eigenvalue weighted by Crippen LogP contribution is 1.98. The van der Waals surface area contributed by atoms with Crippen LogP contribution in [-0.2, 0) is 7.05 Å². The molecule has 0 unspecified atom stereocenters. The molecular formula is C11H18N4O. The van der Waals surface area contributed by atoms with E-state index in [9.17, 15) is 4.79 Å². The fourth-order valence-electron chi connectivity index (χ4n) is 1.27. The summed E-state index contributed by atoms with van der Waals surface area (Å²) >= 11 is 0. The highest BCUT2D eigenvalue weighted by Gasteiger charge is 2.04. The lowest BCUT2D eigenvalue weighted by atomic mass is 10.4. The molecule has 0 aliphatic heterocycles. The zero-order chi connectivity index (χ0) is 12.1. The molecule has 16 heavy (non-hydrogen) atoms. The zero-order valence-corrected chi connectivity index (χ0v) is 10.3. The van der Waals surface area contributed by atoms with Crippen molar-refractivity contribution >= 4 is 5.65 Å². The van der Waals surface area contributed by atoms with Crippen molar-refractivity contribution in [1.29, 1.82) is 0 Å². The van der Waals surface area contributed by atoms with E-state index in [-0.39, 0.29) is 5.69 Å². The lowest BCUT2D eigenvalue weighted by molar-refractivity contribution is 0.783. The molecule has 0 fully saturated rings. The molecule has 0 aromatic carbocycles. The lowest BCUT2D eigenvalue weighted by Crippen LogP contribution is -2.16. The predicted octanol–water partition coefficient (Wildman–Crippen LogP) is 1.54. The van der Waals surface area contributed by atoms with Gasteiger partial charge in [0.25, 0.3) is 0 Å². The minimum Gasteiger partial charge on any atom is -0.250 e. The molecular weight excluding hydrogens is 204 g/mol. The number of rotatable bonds is 1. The third-order valence-corrected chi connectivity index (χ3v) is 2.28. The Labute approximate surface area is 94.7 Å². The molecule has 0 aliphatic carbocycles. The van der Waals surface area contributed by atoms with Crippen LogP contribution < -0.4 is 5.69 Å². The second-order valence-corrected chi connectivity index (χ2v) is 3.59. The first-order valence-electron chi connectivity index (χ1n) is 5.49. The van der Waals surface area contributed by atoms with Crippen LogP contribution in [0.4, 0.5) is 0 Å². The molecule has 0 spiro atoms. The molecule has 0 N–H and O–H groups in total. The van der Waals surface area contributed by atoms with Crippen LogP contribution >= 0.6 is 0 Å². The zero-order valence-electron chi connectivity index (χ0n) is 10.3. The predicted molar refractivity (Wildman–Crippen MR) is 63.5 cm³/mol. The average Bonchev–Trinajstić information content (AvgIpc) is 2.56. The molecule has 2 rings (SSSR count). The number of aromatic nitrogens is 4. The van der Waals surface area contributed by atoms with Gasteiger partial charge in [0, 0.05) is 13.2 Å². The van der Waals surface area contributed by atoms with Crippen LogP contribution in [0.2, 0.25) is 0 Å². The van der Waals surface area contributed by atoms with Crippen LogP contribution in [0.25, 0.3) is 5.65 Å². The first-order valence-corrected chi connectivity index (χ1v) is 5.49. The van der Waals surface area contributed by atoms with E-state index >= 15 is 0 Å². The molecule has 5 nitrogen and oxygen atoms in total. The standard InChI is InChI=1S/C7H8N4O.C4H10/c1-5-9-10(2)6-3-4-8-7(12)11(5)6;1-3-4-2/h3-4H,1-2H3;3-4H2,1-2H3. The molecule has 0 atom stereocenters. The van der Waals surface area contributed by atoms with Crippen molar-refractivity contribution in [2.24, 2.45) is 7.05 Å². The van der Waals surface area contributed by atoms with Crippen molar-refractivity contribution < 1.29 is 0 Å². The summed E-state index contributed by atoms with van der Waals surface area (Å²) < 4.78 is 3.12. The Morgan fingerprint density at radius 2 is 1.94 bits per heavy atom. The monoisotopic (exact) mass is 222 g/mol. The van der Waals surface area contributed by atoms with E-state index in [2.05, 4.69) is 23.9 Å². The normalized spacial score (nSPS) is 10.0. The Morgan fingerprint density at radius 3 is 2.44 bits per heavy atom. The summed E-state index contributed by atoms with van der Waals surface area (Å²) in [5, 5.41) is 4.09. The number of fused-ring (bicyclic) bond motifs is 1. The van der Waals surface area contributed by atoms with Crippen molar-refractivity contribution in [3.8, 4) is 0 Å². The molecule has 0 saturated carbocycles. The second kappa shape index (κ2) is 5.44. The number of aryl methyl sites for hydroxylation is 2. The minimum atomic E-state index is -0.280. The van der Waals surface area contributed by atoms with Crippen LogP contribution in [-0.4, -0.2) is 19.2 Å². The smallest absolute Gasteiger partial charge is 0.250 e. The Bertz CT molecular complexity index is 510. The van der Waals surface area contributed by atoms with Crippen molar-refractivity contribution in [1.82, 2.24) is 19.2 Å². The van der Waals surface area contributed by atoms with E-state index < -0.39 is 0 Å². The van der Waals surface area contributed by atoms with Gasteiger partial charge in [0.2, 0.25) is 0 Å². The van der Waals surface area contributed by atoms with E-state index in [1.807, 2.05) is 0 Å². The maximum Gasteiger partial charge on any atom is 0.354 e. The maximum absolute atomic E-state index is 11.2. The number of hydrogen-bond acceptors (Lipinski definition) is 3. The fraction of sp³-hybridized carbons (Fsp3) is 0.545. The van der Waals surface area contributed by atoms with Crippen LogP contribution in [0, 0.1) is 6.92 Å². The number of nitrogens with zero attached hydrogens (tertiary/aromatic N) is 4. The van der Waals surface area contributed by atoms with Crippen LogP contribution in [0.1, 0.15) is 32.5 Å². The molecule has 2 aromatic heterocycles. The Kier molecular flexibility index (Phi) is 4.22. The Hall–Kier alpha value is -1.65. The molecule has 2 heterocycles. The molecule has 0 bridgehead atoms. The van der Waals surface area contributed by atoms with Gasteiger partial charge in [-0.05, 0) is 13.0 Å². The van der Waals surface area contributed by atoms with Gasteiger partial charge in [0.1, 0.15) is 11.5 Å². The molecule has 0 aliphatic rings. The second-order valence-electron chi connectivity index (χ2n) is 3.59. The van der Waals surface area contributed by atoms with Crippen molar-refractivity contribution in [2.75, 3.05) is 0 Å². The summed E-state index contributed by atoms with van der Waals surface area (Å²) in [6.07, 6.45) is 4.12. The van der Waals surface area contributed by atoms with Gasteiger partial charge in [-0.1, -0.05) is 26.7 Å². The highest BCUT2D eigenvalue weighted by atomic mass is 16.1. The van der Waals surface area contributed by atoms with Gasteiger partial charge in [-0.25, -0.2) is 14.2 Å². The van der Waals surface area contributed by atoms with E-state index in [1.165, 1.54) is 23.4 Å². The third kappa shape index (κ3) is 2.48. The molecule has 0 saturated heterocycles. The molecule has 88 valence electrons. The summed E-state index contributed by atoms with van der Waals surface area (Å²) in [6.45, 7) is 6.14. The quantitative estimate of drug-likeness (QED) is 0.735. The maximum atomic E-state index is 11.2. The third-order valence-electron chi connectivity index (χ3n) is 2.28. The van der Waals surface area contributed by atoms with Crippen molar-refractivity contribution in [3.05, 3.63) is 28.6 Å². The average molecular weight is 222 g/mol. The highest BCUT2D eigenvalue weighted by molar-refractivity contribution is 5.36. The fourth-order valence-corrected chi connectivity index (χ4v) is 1.27. The van der Waals surface area contributed by atoms with Crippen molar-refractivity contribution in [3.63, 3.8) is 0 Å². The van der Waals surface area contributed by atoms with Gasteiger partial charge in [0.15, 0.2) is 0 Å². The van der Waals surface area contributed by atoms with Crippen LogP contribution in [0.15, 0.2) is 17.1 Å². The summed E-state index contributed by atoms with van der Waals surface area (Å²) in [5.74, 6) is 0.658. The van der Waals surface area contributed by atoms with Crippen LogP contribution in [0.3, 0.4) is 0 Å². The van der Waals surface area contributed by atoms with E-state index in [0.29, 0.717) is 5.82 Å². The van der Waals surface area contributed by atoms with Gasteiger partial charge in [-0.15, -0.1) is 0 Å². The minimum absolute atomic E-state index is 0.280. The van der Waals surface area contributed by atoms with Crippen LogP contribution in [0.5, 0.6) is 0 Å². The molecule has 0 radical (unpaired) electrons. The van der Waals surface area contributed by atoms with E-state index in [1.54, 1.807) is 24.7 Å². The van der Waals surface area contributed by atoms with Gasteiger partial charge in [-0.3, -0.25) is 4.68 Å². The SMILES string of the molecule is CCCC.Cc1nn(C)c2ccnc(=O)n12. The summed E-state index contributed by atoms with van der Waals surface area (Å²) in [6, 6.07) is 1.75. The van der Waals surface area contributed by atoms with Gasteiger partial charge in [-0.2, -0.15) is 5.10 Å². The first-order chi connectivity index (χ1) is 7.61.